The molecule has 2 aromatic carbocycles. The van der Waals surface area contributed by atoms with Crippen LogP contribution in [0.1, 0.15) is 5.56 Å². The molecule has 8 nitrogen and oxygen atoms in total. The van der Waals surface area contributed by atoms with Crippen LogP contribution in [0.2, 0.25) is 0 Å². The van der Waals surface area contributed by atoms with E-state index in [4.69, 9.17) is 27.2 Å². The molecule has 0 spiro atoms. The van der Waals surface area contributed by atoms with Gasteiger partial charge in [-0.3, -0.25) is 0 Å². The minimum Gasteiger partial charge on any atom is -0.748 e. The normalized spacial score (nSPS) is 13.9. The van der Waals surface area contributed by atoms with Gasteiger partial charge in [-0.05, 0) is 35.2 Å². The molecule has 5 rings (SSSR count). The molecule has 0 saturated carbocycles. The zero-order chi connectivity index (χ0) is 20.8. The summed E-state index contributed by atoms with van der Waals surface area (Å²) in [5.41, 5.74) is 3.53. The first-order valence-corrected chi connectivity index (χ1v) is 10.6. The number of aromatic nitrogens is 1. The third-order valence-corrected chi connectivity index (χ3v) is 4.82. The van der Waals surface area contributed by atoms with E-state index in [1.807, 2.05) is 12.3 Å². The van der Waals surface area contributed by atoms with Crippen molar-refractivity contribution in [2.45, 2.75) is 13.0 Å². The van der Waals surface area contributed by atoms with Crippen LogP contribution in [-0.4, -0.2) is 38.2 Å². The summed E-state index contributed by atoms with van der Waals surface area (Å²) in [5, 5.41) is 12.2. The molecule has 29 heavy (non-hydrogen) atoms. The standard InChI is InChI=1S/C19H15NO4.CH4O3S/c1-22-16-3-2-11-6-15-13-8-18-17(23-10-24-18)7-12(13)4-5-20(15)9-14(11)19(16)21;1-5(2,3)4/h2-3,6-9H,4-5,10H2,1H3;1H3,(H,2,3,4). The highest BCUT2D eigenvalue weighted by Gasteiger charge is 2.28. The fourth-order valence-electron chi connectivity index (χ4n) is 3.57. The van der Waals surface area contributed by atoms with Crippen molar-refractivity contribution in [3.05, 3.63) is 42.1 Å². The summed E-state index contributed by atoms with van der Waals surface area (Å²) in [5.74, 6) is 2.29. The molecule has 2 aliphatic heterocycles. The van der Waals surface area contributed by atoms with E-state index in [2.05, 4.69) is 22.8 Å². The van der Waals surface area contributed by atoms with Gasteiger partial charge < -0.3 is 23.9 Å². The van der Waals surface area contributed by atoms with Gasteiger partial charge in [0.05, 0.1) is 28.2 Å². The number of hydrogen-bond donors (Lipinski definition) is 1. The maximum absolute atomic E-state index is 10.4. The van der Waals surface area contributed by atoms with Crippen molar-refractivity contribution in [1.82, 2.24) is 0 Å². The number of aryl methyl sites for hydroxylation is 2. The molecule has 9 heteroatoms. The Morgan fingerprint density at radius 2 is 1.86 bits per heavy atom. The number of methoxy groups -OCH3 is 1. The van der Waals surface area contributed by atoms with E-state index >= 15 is 0 Å². The molecule has 0 amide bonds. The van der Waals surface area contributed by atoms with Crippen molar-refractivity contribution in [2.24, 2.45) is 0 Å². The highest BCUT2D eigenvalue weighted by molar-refractivity contribution is 7.84. The lowest BCUT2D eigenvalue weighted by atomic mass is 9.95. The van der Waals surface area contributed by atoms with Crippen LogP contribution in [0.25, 0.3) is 22.0 Å². The topological polar surface area (TPSA) is 109 Å². The average molecular weight is 417 g/mol. The molecular weight excluding hydrogens is 398 g/mol. The van der Waals surface area contributed by atoms with E-state index in [-0.39, 0.29) is 12.5 Å². The fourth-order valence-corrected chi connectivity index (χ4v) is 3.57. The SMILES string of the molecule is COc1ccc2cc3[n+](cc2c1O)CCc1cc2c(cc1-3)OCO2.CS(=O)(=O)[O-]. The summed E-state index contributed by atoms with van der Waals surface area (Å²) in [6, 6.07) is 10.00. The zero-order valence-electron chi connectivity index (χ0n) is 15.8. The molecule has 0 radical (unpaired) electrons. The Labute approximate surface area is 167 Å². The summed E-state index contributed by atoms with van der Waals surface area (Å²) in [6.07, 6.45) is 3.52. The Bertz CT molecular complexity index is 1210. The van der Waals surface area contributed by atoms with E-state index in [0.717, 1.165) is 46.5 Å². The van der Waals surface area contributed by atoms with Crippen LogP contribution in [0.15, 0.2) is 36.5 Å². The number of phenols is 1. The highest BCUT2D eigenvalue weighted by Crippen LogP contribution is 2.41. The second kappa shape index (κ2) is 7.09. The van der Waals surface area contributed by atoms with Gasteiger partial charge in [0.15, 0.2) is 35.7 Å². The summed E-state index contributed by atoms with van der Waals surface area (Å²) < 4.78 is 45.6. The van der Waals surface area contributed by atoms with Gasteiger partial charge in [-0.2, -0.15) is 4.57 Å². The number of nitrogens with zero attached hydrogens (tertiary/aromatic N) is 1. The van der Waals surface area contributed by atoms with Gasteiger partial charge in [-0.1, -0.05) is 0 Å². The molecule has 3 aromatic rings. The maximum Gasteiger partial charge on any atom is 0.231 e. The van der Waals surface area contributed by atoms with E-state index in [9.17, 15) is 5.11 Å². The number of benzene rings is 2. The second-order valence-corrected chi connectivity index (χ2v) is 8.20. The molecule has 3 heterocycles. The maximum atomic E-state index is 10.4. The zero-order valence-corrected chi connectivity index (χ0v) is 16.7. The van der Waals surface area contributed by atoms with Crippen LogP contribution in [0, 0.1) is 0 Å². The Morgan fingerprint density at radius 3 is 2.55 bits per heavy atom. The number of rotatable bonds is 1. The van der Waals surface area contributed by atoms with Crippen LogP contribution in [0.3, 0.4) is 0 Å². The number of phenolic OH excluding ortho intramolecular Hbond substituents is 1. The summed E-state index contributed by atoms with van der Waals surface area (Å²) in [7, 11) is -2.36. The minimum atomic E-state index is -3.92. The minimum absolute atomic E-state index is 0.182. The lowest BCUT2D eigenvalue weighted by Crippen LogP contribution is -2.39. The monoisotopic (exact) mass is 417 g/mol. The predicted octanol–water partition coefficient (Wildman–Crippen LogP) is 1.95. The molecule has 0 bridgehead atoms. The average Bonchev–Trinajstić information content (AvgIpc) is 3.12. The first kappa shape index (κ1) is 19.3. The molecular formula is C20H19NO7S. The van der Waals surface area contributed by atoms with E-state index in [1.165, 1.54) is 5.56 Å². The summed E-state index contributed by atoms with van der Waals surface area (Å²) >= 11 is 0. The molecule has 0 atom stereocenters. The van der Waals surface area contributed by atoms with Gasteiger partial charge in [0.2, 0.25) is 12.5 Å². The van der Waals surface area contributed by atoms with Crippen molar-refractivity contribution in [3.8, 4) is 34.3 Å². The van der Waals surface area contributed by atoms with Gasteiger partial charge in [0.25, 0.3) is 0 Å². The molecule has 2 aliphatic rings. The molecule has 1 N–H and O–H groups in total. The Morgan fingerprint density at radius 1 is 1.17 bits per heavy atom. The number of pyridine rings is 1. The van der Waals surface area contributed by atoms with Gasteiger partial charge in [0.1, 0.15) is 0 Å². The van der Waals surface area contributed by atoms with Gasteiger partial charge in [0, 0.05) is 18.7 Å². The smallest absolute Gasteiger partial charge is 0.231 e. The number of ether oxygens (including phenoxy) is 3. The summed E-state index contributed by atoms with van der Waals surface area (Å²) in [6.45, 7) is 1.14. The van der Waals surface area contributed by atoms with Crippen LogP contribution in [0.4, 0.5) is 0 Å². The van der Waals surface area contributed by atoms with E-state index < -0.39 is 10.1 Å². The van der Waals surface area contributed by atoms with Gasteiger partial charge >= 0.3 is 0 Å². The van der Waals surface area contributed by atoms with Crippen molar-refractivity contribution in [2.75, 3.05) is 20.2 Å². The Balaban J connectivity index is 0.000000369. The Kier molecular flexibility index (Phi) is 4.71. The molecule has 0 aliphatic carbocycles. The van der Waals surface area contributed by atoms with Gasteiger partial charge in [-0.15, -0.1) is 0 Å². The fraction of sp³-hybridized carbons (Fsp3) is 0.250. The first-order chi connectivity index (χ1) is 13.7. The Hall–Kier alpha value is -3.04. The van der Waals surface area contributed by atoms with Crippen LogP contribution >= 0.6 is 0 Å². The van der Waals surface area contributed by atoms with Crippen LogP contribution < -0.4 is 18.8 Å². The molecule has 0 fully saturated rings. The van der Waals surface area contributed by atoms with Crippen LogP contribution in [-0.2, 0) is 23.1 Å². The number of aromatic hydroxyl groups is 1. The van der Waals surface area contributed by atoms with E-state index in [1.54, 1.807) is 13.2 Å². The van der Waals surface area contributed by atoms with Crippen molar-refractivity contribution >= 4 is 20.9 Å². The molecule has 0 unspecified atom stereocenters. The third-order valence-electron chi connectivity index (χ3n) is 4.82. The third kappa shape index (κ3) is 3.79. The van der Waals surface area contributed by atoms with E-state index in [0.29, 0.717) is 12.0 Å². The van der Waals surface area contributed by atoms with Crippen molar-refractivity contribution < 1.29 is 36.9 Å². The lowest BCUT2D eigenvalue weighted by Gasteiger charge is -2.16. The molecule has 152 valence electrons. The quantitative estimate of drug-likeness (QED) is 0.476. The highest BCUT2D eigenvalue weighted by atomic mass is 32.2. The molecule has 1 aromatic heterocycles. The van der Waals surface area contributed by atoms with Crippen LogP contribution in [0.5, 0.6) is 23.0 Å². The van der Waals surface area contributed by atoms with Gasteiger partial charge in [-0.25, -0.2) is 8.42 Å². The van der Waals surface area contributed by atoms with Crippen molar-refractivity contribution in [3.63, 3.8) is 0 Å². The first-order valence-electron chi connectivity index (χ1n) is 8.81. The molecule has 0 saturated heterocycles. The second-order valence-electron chi connectivity index (χ2n) is 6.79. The largest absolute Gasteiger partial charge is 0.748 e. The lowest BCUT2D eigenvalue weighted by molar-refractivity contribution is -0.686. The summed E-state index contributed by atoms with van der Waals surface area (Å²) in [4.78, 5) is 0. The number of fused-ring (bicyclic) bond motifs is 5. The predicted molar refractivity (Wildman–Crippen MR) is 103 cm³/mol. The van der Waals surface area contributed by atoms with Crippen molar-refractivity contribution in [1.29, 1.82) is 0 Å². The number of hydrogen-bond acceptors (Lipinski definition) is 7.